The molecule has 0 saturated heterocycles. The zero-order valence-corrected chi connectivity index (χ0v) is 14.0. The van der Waals surface area contributed by atoms with E-state index in [0.717, 1.165) is 5.56 Å². The fourth-order valence-electron chi connectivity index (χ4n) is 2.44. The summed E-state index contributed by atoms with van der Waals surface area (Å²) in [5, 5.41) is 2.86. The lowest BCUT2D eigenvalue weighted by Crippen LogP contribution is -2.23. The van der Waals surface area contributed by atoms with Crippen molar-refractivity contribution < 1.29 is 14.3 Å². The van der Waals surface area contributed by atoms with Crippen molar-refractivity contribution in [3.63, 3.8) is 0 Å². The number of carbonyl (C=O) groups is 1. The van der Waals surface area contributed by atoms with Crippen LogP contribution in [0.3, 0.4) is 0 Å². The molecule has 1 aromatic carbocycles. The van der Waals surface area contributed by atoms with E-state index < -0.39 is 0 Å². The molecule has 0 atom stereocenters. The van der Waals surface area contributed by atoms with Crippen molar-refractivity contribution in [1.29, 1.82) is 0 Å². The van der Waals surface area contributed by atoms with Crippen LogP contribution in [0.25, 0.3) is 5.82 Å². The highest BCUT2D eigenvalue weighted by Gasteiger charge is 2.12. The van der Waals surface area contributed by atoms with Crippen LogP contribution in [-0.2, 0) is 6.54 Å². The maximum Gasteiger partial charge on any atom is 0.253 e. The summed E-state index contributed by atoms with van der Waals surface area (Å²) in [6.07, 6.45) is 6.64. The first-order chi connectivity index (χ1) is 12.2. The summed E-state index contributed by atoms with van der Waals surface area (Å²) in [7, 11) is 3.15. The molecule has 0 fully saturated rings. The lowest BCUT2D eigenvalue weighted by Gasteiger charge is -2.13. The molecule has 1 N–H and O–H groups in total. The number of hydrogen-bond donors (Lipinski definition) is 1. The minimum atomic E-state index is -0.213. The summed E-state index contributed by atoms with van der Waals surface area (Å²) in [6.45, 7) is 0.322. The predicted molar refractivity (Wildman–Crippen MR) is 92.1 cm³/mol. The summed E-state index contributed by atoms with van der Waals surface area (Å²) >= 11 is 0. The van der Waals surface area contributed by atoms with Crippen molar-refractivity contribution in [1.82, 2.24) is 19.9 Å². The summed E-state index contributed by atoms with van der Waals surface area (Å²) in [6, 6.07) is 9.03. The highest BCUT2D eigenvalue weighted by molar-refractivity contribution is 5.93. The number of imidazole rings is 1. The van der Waals surface area contributed by atoms with E-state index in [1.165, 1.54) is 6.20 Å². The number of hydrogen-bond acceptors (Lipinski definition) is 5. The van der Waals surface area contributed by atoms with Crippen LogP contribution < -0.4 is 14.8 Å². The van der Waals surface area contributed by atoms with Gasteiger partial charge in [-0.3, -0.25) is 9.36 Å². The SMILES string of the molecule is COc1cccc(CNC(=O)c2ccc(-n3ccnc3)nc2)c1OC. The molecule has 128 valence electrons. The number of para-hydroxylation sites is 1. The molecule has 0 unspecified atom stereocenters. The molecule has 2 heterocycles. The molecular weight excluding hydrogens is 320 g/mol. The monoisotopic (exact) mass is 338 g/mol. The van der Waals surface area contributed by atoms with Crippen LogP contribution in [0.15, 0.2) is 55.2 Å². The van der Waals surface area contributed by atoms with E-state index in [-0.39, 0.29) is 5.91 Å². The quantitative estimate of drug-likeness (QED) is 0.745. The number of rotatable bonds is 6. The van der Waals surface area contributed by atoms with E-state index >= 15 is 0 Å². The first kappa shape index (κ1) is 16.5. The van der Waals surface area contributed by atoms with E-state index in [1.807, 2.05) is 18.2 Å². The standard InChI is InChI=1S/C18H18N4O3/c1-24-15-5-3-4-13(17(15)25-2)10-21-18(23)14-6-7-16(20-11-14)22-9-8-19-12-22/h3-9,11-12H,10H2,1-2H3,(H,21,23). The number of carbonyl (C=O) groups excluding carboxylic acids is 1. The van der Waals surface area contributed by atoms with Crippen LogP contribution in [-0.4, -0.2) is 34.7 Å². The average Bonchev–Trinajstić information content (AvgIpc) is 3.20. The molecule has 3 rings (SSSR count). The van der Waals surface area contributed by atoms with E-state index in [9.17, 15) is 4.79 Å². The third-order valence-electron chi connectivity index (χ3n) is 3.70. The van der Waals surface area contributed by atoms with Gasteiger partial charge in [-0.25, -0.2) is 9.97 Å². The van der Waals surface area contributed by atoms with E-state index in [4.69, 9.17) is 9.47 Å². The minimum Gasteiger partial charge on any atom is -0.493 e. The molecule has 0 aliphatic heterocycles. The molecule has 25 heavy (non-hydrogen) atoms. The van der Waals surface area contributed by atoms with Gasteiger partial charge in [0, 0.05) is 30.7 Å². The van der Waals surface area contributed by atoms with Gasteiger partial charge in [0.2, 0.25) is 0 Å². The Kier molecular flexibility index (Phi) is 4.94. The molecule has 1 amide bonds. The Morgan fingerprint density at radius 1 is 1.20 bits per heavy atom. The van der Waals surface area contributed by atoms with Crippen molar-refractivity contribution in [2.45, 2.75) is 6.54 Å². The number of nitrogens with one attached hydrogen (secondary N) is 1. The lowest BCUT2D eigenvalue weighted by atomic mass is 10.1. The highest BCUT2D eigenvalue weighted by Crippen LogP contribution is 2.30. The van der Waals surface area contributed by atoms with Gasteiger partial charge in [0.1, 0.15) is 12.1 Å². The third-order valence-corrected chi connectivity index (χ3v) is 3.70. The Morgan fingerprint density at radius 2 is 2.08 bits per heavy atom. The maximum atomic E-state index is 12.3. The minimum absolute atomic E-state index is 0.213. The molecule has 0 radical (unpaired) electrons. The van der Waals surface area contributed by atoms with Crippen molar-refractivity contribution >= 4 is 5.91 Å². The van der Waals surface area contributed by atoms with Gasteiger partial charge in [-0.05, 0) is 18.2 Å². The number of ether oxygens (including phenoxy) is 2. The van der Waals surface area contributed by atoms with E-state index in [1.54, 1.807) is 49.6 Å². The molecule has 0 bridgehead atoms. The fourth-order valence-corrected chi connectivity index (χ4v) is 2.44. The predicted octanol–water partition coefficient (Wildman–Crippen LogP) is 2.21. The van der Waals surface area contributed by atoms with Crippen molar-refractivity contribution in [2.24, 2.45) is 0 Å². The Bertz CT molecular complexity index is 845. The molecule has 0 spiro atoms. The van der Waals surface area contributed by atoms with Gasteiger partial charge in [-0.1, -0.05) is 12.1 Å². The fraction of sp³-hybridized carbons (Fsp3) is 0.167. The number of nitrogens with zero attached hydrogens (tertiary/aromatic N) is 3. The van der Waals surface area contributed by atoms with Gasteiger partial charge in [-0.2, -0.15) is 0 Å². The van der Waals surface area contributed by atoms with Crippen LogP contribution in [0, 0.1) is 0 Å². The van der Waals surface area contributed by atoms with E-state index in [2.05, 4.69) is 15.3 Å². The molecule has 2 aromatic heterocycles. The molecule has 0 aliphatic carbocycles. The highest BCUT2D eigenvalue weighted by atomic mass is 16.5. The molecule has 0 saturated carbocycles. The second-order valence-electron chi connectivity index (χ2n) is 5.21. The topological polar surface area (TPSA) is 78.3 Å². The zero-order chi connectivity index (χ0) is 17.6. The number of aromatic nitrogens is 3. The van der Waals surface area contributed by atoms with Crippen LogP contribution in [0.4, 0.5) is 0 Å². The van der Waals surface area contributed by atoms with Crippen LogP contribution in [0.2, 0.25) is 0 Å². The van der Waals surface area contributed by atoms with Gasteiger partial charge in [-0.15, -0.1) is 0 Å². The van der Waals surface area contributed by atoms with Crippen LogP contribution in [0.1, 0.15) is 15.9 Å². The van der Waals surface area contributed by atoms with E-state index in [0.29, 0.717) is 29.4 Å². The first-order valence-corrected chi connectivity index (χ1v) is 7.65. The molecular formula is C18H18N4O3. The molecule has 7 heteroatoms. The summed E-state index contributed by atoms with van der Waals surface area (Å²) in [5.74, 6) is 1.72. The van der Waals surface area contributed by atoms with Gasteiger partial charge < -0.3 is 14.8 Å². The number of pyridine rings is 1. The first-order valence-electron chi connectivity index (χ1n) is 7.65. The Morgan fingerprint density at radius 3 is 2.72 bits per heavy atom. The number of amides is 1. The smallest absolute Gasteiger partial charge is 0.253 e. The van der Waals surface area contributed by atoms with Gasteiger partial charge in [0.25, 0.3) is 5.91 Å². The van der Waals surface area contributed by atoms with Crippen molar-refractivity contribution in [3.8, 4) is 17.3 Å². The number of benzene rings is 1. The van der Waals surface area contributed by atoms with Crippen LogP contribution >= 0.6 is 0 Å². The summed E-state index contributed by atoms with van der Waals surface area (Å²) < 4.78 is 12.4. The summed E-state index contributed by atoms with van der Waals surface area (Å²) in [5.41, 5.74) is 1.31. The van der Waals surface area contributed by atoms with Crippen LogP contribution in [0.5, 0.6) is 11.5 Å². The second kappa shape index (κ2) is 7.48. The van der Waals surface area contributed by atoms with Gasteiger partial charge >= 0.3 is 0 Å². The average molecular weight is 338 g/mol. The normalized spacial score (nSPS) is 10.3. The zero-order valence-electron chi connectivity index (χ0n) is 14.0. The summed E-state index contributed by atoms with van der Waals surface area (Å²) in [4.78, 5) is 20.6. The Labute approximate surface area is 145 Å². The number of methoxy groups -OCH3 is 2. The molecule has 7 nitrogen and oxygen atoms in total. The Hall–Kier alpha value is -3.35. The second-order valence-corrected chi connectivity index (χ2v) is 5.21. The largest absolute Gasteiger partial charge is 0.493 e. The molecule has 3 aromatic rings. The Balaban J connectivity index is 1.69. The third kappa shape index (κ3) is 3.60. The maximum absolute atomic E-state index is 12.3. The van der Waals surface area contributed by atoms with Gasteiger partial charge in [0.15, 0.2) is 11.5 Å². The van der Waals surface area contributed by atoms with Crippen molar-refractivity contribution in [3.05, 3.63) is 66.4 Å². The lowest BCUT2D eigenvalue weighted by molar-refractivity contribution is 0.0950. The van der Waals surface area contributed by atoms with Crippen molar-refractivity contribution in [2.75, 3.05) is 14.2 Å². The molecule has 0 aliphatic rings. The van der Waals surface area contributed by atoms with Gasteiger partial charge in [0.05, 0.1) is 19.8 Å².